The largest absolute Gasteiger partial charge is 0.497 e. The normalized spacial score (nSPS) is 46.4. The standard InChI is InChI=1S/C45H59NO8/c1-38(2)41(5)19-22-45(38,54-37(41)50)36(49)46(26-31-8-7-23-53-31)27-43(51)18-15-34-40(43,4)17-14-33-39(3)16-13-29(47)24-42(39)20-21-44(33,34)32(25-42)35(48)28-9-11-30(52-6)12-10-28/h9-12,20-21,25,29,31,33-34,47,51H,7-8,13-19,22-24,26-27H2,1-6H3/t29?,31-,33-,34-,39-,40+,41+,42+,43-,44-,45-/m1/s1. The van der Waals surface area contributed by atoms with Gasteiger partial charge in [0.1, 0.15) is 5.75 Å². The Bertz CT molecular complexity index is 1850. The fourth-order valence-corrected chi connectivity index (χ4v) is 14.0. The first-order valence-electron chi connectivity index (χ1n) is 20.6. The summed E-state index contributed by atoms with van der Waals surface area (Å²) in [7, 11) is 1.62. The Balaban J connectivity index is 1.12. The Morgan fingerprint density at radius 3 is 2.26 bits per heavy atom. The summed E-state index contributed by atoms with van der Waals surface area (Å²) in [4.78, 5) is 45.2. The highest BCUT2D eigenvalue weighted by atomic mass is 16.6. The van der Waals surface area contributed by atoms with Crippen molar-refractivity contribution in [2.24, 2.45) is 44.3 Å². The monoisotopic (exact) mass is 741 g/mol. The van der Waals surface area contributed by atoms with Gasteiger partial charge in [-0.1, -0.05) is 45.9 Å². The number of allylic oxidation sites excluding steroid dienone is 4. The molecule has 9 aliphatic rings. The molecule has 9 nitrogen and oxygen atoms in total. The molecule has 4 bridgehead atoms. The van der Waals surface area contributed by atoms with Gasteiger partial charge >= 0.3 is 5.97 Å². The van der Waals surface area contributed by atoms with E-state index in [1.807, 2.05) is 49.9 Å². The molecule has 9 heteroatoms. The number of hydrogen-bond acceptors (Lipinski definition) is 8. The molecule has 10 rings (SSSR count). The molecule has 0 radical (unpaired) electrons. The maximum atomic E-state index is 15.1. The van der Waals surface area contributed by atoms with E-state index >= 15 is 4.79 Å². The Kier molecular flexibility index (Phi) is 7.82. The number of aliphatic hydroxyl groups excluding tert-OH is 1. The number of benzene rings is 1. The topological polar surface area (TPSA) is 123 Å². The second-order valence-corrected chi connectivity index (χ2v) is 19.9. The number of methoxy groups -OCH3 is 1. The van der Waals surface area contributed by atoms with Gasteiger partial charge in [0.2, 0.25) is 0 Å². The molecule has 2 heterocycles. The van der Waals surface area contributed by atoms with E-state index in [9.17, 15) is 19.8 Å². The van der Waals surface area contributed by atoms with E-state index in [4.69, 9.17) is 14.2 Å². The molecule has 2 N–H and O–H groups in total. The maximum absolute atomic E-state index is 15.1. The highest BCUT2D eigenvalue weighted by molar-refractivity contribution is 6.10. The minimum Gasteiger partial charge on any atom is -0.497 e. The van der Waals surface area contributed by atoms with Crippen molar-refractivity contribution in [1.29, 1.82) is 0 Å². The predicted molar refractivity (Wildman–Crippen MR) is 201 cm³/mol. The number of carbonyl (C=O) groups excluding carboxylic acids is 3. The summed E-state index contributed by atoms with van der Waals surface area (Å²) in [6.45, 7) is 11.6. The van der Waals surface area contributed by atoms with E-state index in [-0.39, 0.29) is 47.6 Å². The van der Waals surface area contributed by atoms with Gasteiger partial charge in [0.05, 0.1) is 36.9 Å². The molecule has 1 aromatic rings. The van der Waals surface area contributed by atoms with Crippen molar-refractivity contribution in [3.05, 3.63) is 53.6 Å². The third-order valence-electron chi connectivity index (χ3n) is 17.9. The van der Waals surface area contributed by atoms with Crippen molar-refractivity contribution in [3.8, 4) is 5.75 Å². The predicted octanol–water partition coefficient (Wildman–Crippen LogP) is 6.60. The average Bonchev–Trinajstić information content (AvgIpc) is 3.85. The molecule has 1 unspecified atom stereocenters. The van der Waals surface area contributed by atoms with E-state index in [2.05, 4.69) is 32.1 Å². The van der Waals surface area contributed by atoms with Crippen LogP contribution in [-0.4, -0.2) is 83.0 Å². The molecule has 6 fully saturated rings. The molecule has 2 aliphatic heterocycles. The van der Waals surface area contributed by atoms with Crippen LogP contribution < -0.4 is 4.74 Å². The van der Waals surface area contributed by atoms with E-state index < -0.39 is 44.4 Å². The number of carbonyl (C=O) groups is 3. The molecule has 7 aliphatic carbocycles. The first-order chi connectivity index (χ1) is 25.5. The number of esters is 1. The highest BCUT2D eigenvalue weighted by Crippen LogP contribution is 2.78. The molecular formula is C45H59NO8. The maximum Gasteiger partial charge on any atom is 0.313 e. The van der Waals surface area contributed by atoms with Crippen molar-refractivity contribution in [2.45, 2.75) is 129 Å². The third-order valence-corrected chi connectivity index (χ3v) is 17.9. The van der Waals surface area contributed by atoms with E-state index in [1.165, 1.54) is 0 Å². The van der Waals surface area contributed by atoms with Crippen molar-refractivity contribution in [3.63, 3.8) is 0 Å². The average molecular weight is 742 g/mol. The second kappa shape index (κ2) is 11.5. The SMILES string of the molecule is COc1ccc(C(=O)C2=C[C@@]34C=C[C@@]25[C@@H]2CC[C@@](O)(CN(C[C@H]6CCCO6)C(=O)[C@@]67CC[C@@](C)(C(=O)O6)C7(C)C)[C@@]2(C)CC[C@@H]5[C@@]3(C)CCC(O)C4)cc1. The lowest BCUT2D eigenvalue weighted by Crippen LogP contribution is -2.68. The summed E-state index contributed by atoms with van der Waals surface area (Å²) in [5.41, 5.74) is -4.43. The molecule has 54 heavy (non-hydrogen) atoms. The van der Waals surface area contributed by atoms with Gasteiger partial charge < -0.3 is 29.3 Å². The zero-order valence-electron chi connectivity index (χ0n) is 33.0. The van der Waals surface area contributed by atoms with Crippen LogP contribution >= 0.6 is 0 Å². The van der Waals surface area contributed by atoms with E-state index in [0.717, 1.165) is 44.1 Å². The number of nitrogens with zero attached hydrogens (tertiary/aromatic N) is 1. The summed E-state index contributed by atoms with van der Waals surface area (Å²) in [5.74, 6) is 0.256. The van der Waals surface area contributed by atoms with Gasteiger partial charge in [0, 0.05) is 45.9 Å². The van der Waals surface area contributed by atoms with Crippen LogP contribution in [0.15, 0.2) is 48.1 Å². The number of Topliss-reactive ketones (excluding diaryl/α,β-unsaturated/α-hetero) is 1. The molecule has 11 atom stereocenters. The molecule has 1 amide bonds. The Morgan fingerprint density at radius 2 is 1.61 bits per heavy atom. The number of ketones is 1. The van der Waals surface area contributed by atoms with Crippen LogP contribution in [0.5, 0.6) is 5.75 Å². The Morgan fingerprint density at radius 1 is 0.907 bits per heavy atom. The van der Waals surface area contributed by atoms with Gasteiger partial charge in [-0.05, 0) is 119 Å². The number of hydrogen-bond donors (Lipinski definition) is 2. The van der Waals surface area contributed by atoms with Crippen LogP contribution in [0.2, 0.25) is 0 Å². The van der Waals surface area contributed by atoms with Crippen LogP contribution in [0.25, 0.3) is 0 Å². The third kappa shape index (κ3) is 4.30. The van der Waals surface area contributed by atoms with Gasteiger partial charge in [0.15, 0.2) is 11.4 Å². The first-order valence-corrected chi connectivity index (χ1v) is 20.6. The van der Waals surface area contributed by atoms with Gasteiger partial charge in [-0.2, -0.15) is 0 Å². The molecule has 292 valence electrons. The minimum atomic E-state index is -1.29. The van der Waals surface area contributed by atoms with Crippen molar-refractivity contribution >= 4 is 17.7 Å². The zero-order valence-corrected chi connectivity index (χ0v) is 33.0. The van der Waals surface area contributed by atoms with Crippen molar-refractivity contribution < 1.29 is 38.8 Å². The smallest absolute Gasteiger partial charge is 0.313 e. The molecule has 2 spiro atoms. The molecular weight excluding hydrogens is 682 g/mol. The number of ether oxygens (including phenoxy) is 3. The summed E-state index contributed by atoms with van der Waals surface area (Å²) < 4.78 is 17.7. The lowest BCUT2D eigenvalue weighted by Gasteiger charge is -2.71. The minimum absolute atomic E-state index is 0.00275. The molecule has 0 aromatic heterocycles. The molecule has 1 aromatic carbocycles. The van der Waals surface area contributed by atoms with Gasteiger partial charge in [-0.15, -0.1) is 0 Å². The summed E-state index contributed by atoms with van der Waals surface area (Å²) >= 11 is 0. The fraction of sp³-hybridized carbons (Fsp3) is 0.711. The second-order valence-electron chi connectivity index (χ2n) is 19.9. The van der Waals surface area contributed by atoms with Crippen LogP contribution in [0.3, 0.4) is 0 Å². The van der Waals surface area contributed by atoms with Crippen LogP contribution in [0.4, 0.5) is 0 Å². The van der Waals surface area contributed by atoms with Crippen molar-refractivity contribution in [2.75, 3.05) is 26.8 Å². The fourth-order valence-electron chi connectivity index (χ4n) is 14.0. The van der Waals surface area contributed by atoms with Gasteiger partial charge in [-0.3, -0.25) is 14.4 Å². The zero-order chi connectivity index (χ0) is 38.3. The summed E-state index contributed by atoms with van der Waals surface area (Å²) in [6, 6.07) is 7.36. The van der Waals surface area contributed by atoms with E-state index in [1.54, 1.807) is 7.11 Å². The lowest BCUT2D eigenvalue weighted by molar-refractivity contribution is -0.188. The number of amides is 1. The number of fused-ring (bicyclic) bond motifs is 3. The highest BCUT2D eigenvalue weighted by Gasteiger charge is 2.78. The molecule has 2 saturated heterocycles. The Labute approximate surface area is 319 Å². The van der Waals surface area contributed by atoms with Crippen LogP contribution in [0, 0.1) is 44.3 Å². The van der Waals surface area contributed by atoms with E-state index in [0.29, 0.717) is 56.6 Å². The number of rotatable bonds is 8. The summed E-state index contributed by atoms with van der Waals surface area (Å²) in [6.07, 6.45) is 14.1. The first kappa shape index (κ1) is 36.6. The molecule has 4 saturated carbocycles. The number of aliphatic hydroxyl groups is 2. The van der Waals surface area contributed by atoms with Crippen LogP contribution in [0.1, 0.15) is 116 Å². The van der Waals surface area contributed by atoms with Crippen LogP contribution in [-0.2, 0) is 19.1 Å². The Hall–Kier alpha value is -3.01. The summed E-state index contributed by atoms with van der Waals surface area (Å²) in [5, 5.41) is 24.4. The lowest BCUT2D eigenvalue weighted by atomic mass is 9.32. The van der Waals surface area contributed by atoms with Crippen molar-refractivity contribution in [1.82, 2.24) is 4.90 Å². The quantitative estimate of drug-likeness (QED) is 0.174. The van der Waals surface area contributed by atoms with Gasteiger partial charge in [0.25, 0.3) is 5.91 Å². The van der Waals surface area contributed by atoms with Gasteiger partial charge in [-0.25, -0.2) is 0 Å².